The van der Waals surface area contributed by atoms with Crippen molar-refractivity contribution in [1.29, 1.82) is 0 Å². The first-order valence-electron chi connectivity index (χ1n) is 21.2. The Morgan fingerprint density at radius 2 is 1.17 bits per heavy atom. The van der Waals surface area contributed by atoms with Crippen LogP contribution < -0.4 is 4.74 Å². The normalized spacial score (nSPS) is 27.4. The van der Waals surface area contributed by atoms with Crippen molar-refractivity contribution in [2.24, 2.45) is 41.4 Å². The molecule has 3 fully saturated rings. The van der Waals surface area contributed by atoms with Crippen LogP contribution in [0.5, 0.6) is 5.75 Å². The van der Waals surface area contributed by atoms with Gasteiger partial charge in [0.1, 0.15) is 5.75 Å². The number of benzene rings is 3. The molecule has 0 N–H and O–H groups in total. The van der Waals surface area contributed by atoms with Crippen molar-refractivity contribution in [2.45, 2.75) is 109 Å². The molecule has 1 nitrogen and oxygen atoms in total. The number of rotatable bonds is 7. The number of allylic oxidation sites excluding steroid dienone is 8. The van der Waals surface area contributed by atoms with Crippen molar-refractivity contribution >= 4 is 36.2 Å². The topological polar surface area (TPSA) is 9.23 Å². The third-order valence-corrected chi connectivity index (χ3v) is 19.7. The fourth-order valence-electron chi connectivity index (χ4n) is 12.3. The molecule has 3 saturated carbocycles. The molecule has 0 amide bonds. The molecule has 5 heteroatoms. The van der Waals surface area contributed by atoms with Gasteiger partial charge in [0.05, 0.1) is 15.2 Å². The van der Waals surface area contributed by atoms with Crippen molar-refractivity contribution in [1.82, 2.24) is 0 Å². The van der Waals surface area contributed by atoms with Crippen LogP contribution in [0.25, 0.3) is 22.3 Å². The molecule has 8 unspecified atom stereocenters. The molecule has 5 aliphatic rings. The van der Waals surface area contributed by atoms with E-state index in [9.17, 15) is 0 Å². The van der Waals surface area contributed by atoms with Crippen molar-refractivity contribution in [3.8, 4) is 16.9 Å². The van der Waals surface area contributed by atoms with Gasteiger partial charge in [0.15, 0.2) is 0 Å². The first-order chi connectivity index (χ1) is 26.6. The number of hydrogen-bond acceptors (Lipinski definition) is 1. The Kier molecular flexibility index (Phi) is 15.1. The zero-order valence-electron chi connectivity index (χ0n) is 37.5. The summed E-state index contributed by atoms with van der Waals surface area (Å²) < 4.78 is 6.20. The van der Waals surface area contributed by atoms with E-state index in [-0.39, 0.29) is 25.7 Å². The zero-order chi connectivity index (χ0) is 40.2. The first kappa shape index (κ1) is 47.2. The number of halogens is 2. The Morgan fingerprint density at radius 1 is 0.672 bits per heavy atom. The van der Waals surface area contributed by atoms with Gasteiger partial charge in [0.2, 0.25) is 0 Å². The van der Waals surface area contributed by atoms with Crippen LogP contribution >= 0.6 is 17.0 Å². The molecule has 3 aromatic carbocycles. The predicted molar refractivity (Wildman–Crippen MR) is 255 cm³/mol. The van der Waals surface area contributed by atoms with Gasteiger partial charge >= 0.3 is 37.9 Å². The standard InChI is InChI=1S/C51H64OSi.2CH3.2ClH.Zr/c1-32-28-43-37(35-29-45(50(2,3)4)47(52-8)46(30-35)51(5,6)7)22-16-24-40(43)48(32)53(9,10)49-41-25-17-23-39(44(41)31-42(49)34-26-27-34)38-21-15-14-20-36(38)33-18-12-11-13-19-33;;;;;/h11-25,29-30,32,34,40-44,48-49H,26-28,31H2,1-10H3;2*1H3;2*1H;/q;2*-1;;;+4/p-2. The van der Waals surface area contributed by atoms with Crippen molar-refractivity contribution < 1.29 is 25.6 Å². The molecule has 8 rings (SSSR count). The van der Waals surface area contributed by atoms with Gasteiger partial charge in [0, 0.05) is 11.1 Å². The van der Waals surface area contributed by atoms with E-state index in [1.54, 1.807) is 11.1 Å². The second-order valence-corrected chi connectivity index (χ2v) is 29.0. The molecular formula is C53H70Cl2OSiZr. The fourth-order valence-corrected chi connectivity index (χ4v) is 18.5. The van der Waals surface area contributed by atoms with Crippen molar-refractivity contribution in [2.75, 3.05) is 7.11 Å². The molecule has 0 radical (unpaired) electrons. The summed E-state index contributed by atoms with van der Waals surface area (Å²) in [6.45, 7) is 22.4. The minimum atomic E-state index is -1.81. The van der Waals surface area contributed by atoms with Crippen LogP contribution in [0.2, 0.25) is 24.2 Å². The molecule has 58 heavy (non-hydrogen) atoms. The summed E-state index contributed by atoms with van der Waals surface area (Å²) in [5.41, 5.74) is 13.0. The van der Waals surface area contributed by atoms with Gasteiger partial charge in [-0.1, -0.05) is 153 Å². The summed E-state index contributed by atoms with van der Waals surface area (Å²) in [7, 11) is 9.91. The van der Waals surface area contributed by atoms with Crippen molar-refractivity contribution in [3.63, 3.8) is 0 Å². The van der Waals surface area contributed by atoms with E-state index in [1.807, 2.05) is 7.11 Å². The zero-order valence-corrected chi connectivity index (χ0v) is 42.5. The van der Waals surface area contributed by atoms with E-state index in [4.69, 9.17) is 21.8 Å². The van der Waals surface area contributed by atoms with Gasteiger partial charge < -0.3 is 19.6 Å². The average molecular weight is 913 g/mol. The van der Waals surface area contributed by atoms with Crippen molar-refractivity contribution in [3.05, 3.63) is 140 Å². The van der Waals surface area contributed by atoms with Gasteiger partial charge in [-0.2, -0.15) is 0 Å². The first-order valence-corrected chi connectivity index (χ1v) is 30.7. The molecule has 0 heterocycles. The monoisotopic (exact) mass is 910 g/mol. The summed E-state index contributed by atoms with van der Waals surface area (Å²) in [6.07, 6.45) is 20.8. The minimum absolute atomic E-state index is 0. The van der Waals surface area contributed by atoms with Crippen LogP contribution in [0.3, 0.4) is 0 Å². The predicted octanol–water partition coefficient (Wildman–Crippen LogP) is 16.2. The molecule has 0 aromatic heterocycles. The van der Waals surface area contributed by atoms with E-state index >= 15 is 0 Å². The molecule has 5 aliphatic carbocycles. The Hall–Kier alpha value is -1.90. The SMILES string of the molecule is COc1c(C(C)(C)C)cc(C2=CC=CC3C2CC(C)C3[Si](C)(C)C2C3C=CC=C(c4ccccc4-c4ccccc4)C3CC2C2CC2)cc1C(C)(C)C.[CH3-].[CH3-].[Cl][Zr+2][Cl]. The van der Waals surface area contributed by atoms with Gasteiger partial charge in [0.25, 0.3) is 0 Å². The Balaban J connectivity index is 0.00000124. The van der Waals surface area contributed by atoms with E-state index in [0.717, 1.165) is 34.6 Å². The maximum absolute atomic E-state index is 6.20. The summed E-state index contributed by atoms with van der Waals surface area (Å²) in [5.74, 6) is 6.02. The Bertz CT molecular complexity index is 1970. The van der Waals surface area contributed by atoms with Crippen LogP contribution in [0.4, 0.5) is 0 Å². The Morgan fingerprint density at radius 3 is 1.71 bits per heavy atom. The van der Waals surface area contributed by atoms with Crippen LogP contribution in [0, 0.1) is 56.3 Å². The summed E-state index contributed by atoms with van der Waals surface area (Å²) >= 11 is -0.826. The molecular weight excluding hydrogens is 843 g/mol. The summed E-state index contributed by atoms with van der Waals surface area (Å²) in [4.78, 5) is 0. The van der Waals surface area contributed by atoms with E-state index in [1.165, 1.54) is 59.1 Å². The molecule has 310 valence electrons. The fraction of sp³-hybridized carbons (Fsp3) is 0.472. The van der Waals surface area contributed by atoms with Crippen LogP contribution in [-0.4, -0.2) is 15.2 Å². The Labute approximate surface area is 373 Å². The number of methoxy groups -OCH3 is 1. The van der Waals surface area contributed by atoms with Gasteiger partial charge in [-0.15, -0.1) is 0 Å². The summed E-state index contributed by atoms with van der Waals surface area (Å²) in [5, 5.41) is 0. The summed E-state index contributed by atoms with van der Waals surface area (Å²) in [6, 6.07) is 25.3. The van der Waals surface area contributed by atoms with Gasteiger partial charge in [-0.25, -0.2) is 0 Å². The van der Waals surface area contributed by atoms with E-state index in [2.05, 4.69) is 165 Å². The third kappa shape index (κ3) is 9.01. The van der Waals surface area contributed by atoms with E-state index in [0.29, 0.717) is 23.7 Å². The molecule has 0 aliphatic heterocycles. The van der Waals surface area contributed by atoms with Crippen LogP contribution in [0.15, 0.2) is 103 Å². The number of ether oxygens (including phenoxy) is 1. The molecule has 8 atom stereocenters. The number of fused-ring (bicyclic) bond motifs is 2. The third-order valence-electron chi connectivity index (χ3n) is 14.5. The second kappa shape index (κ2) is 18.6. The van der Waals surface area contributed by atoms with Gasteiger partial charge in [-0.05, 0) is 135 Å². The molecule has 0 spiro atoms. The average Bonchev–Trinajstić information content (AvgIpc) is 3.83. The quantitative estimate of drug-likeness (QED) is 0.170. The number of hydrogen-bond donors (Lipinski definition) is 0. The van der Waals surface area contributed by atoms with Crippen LogP contribution in [0.1, 0.15) is 96.4 Å². The van der Waals surface area contributed by atoms with Gasteiger partial charge in [-0.3, -0.25) is 0 Å². The molecule has 0 saturated heterocycles. The molecule has 0 bridgehead atoms. The second-order valence-electron chi connectivity index (χ2n) is 20.3. The maximum atomic E-state index is 6.20. The van der Waals surface area contributed by atoms with E-state index < -0.39 is 28.9 Å². The van der Waals surface area contributed by atoms with Crippen LogP contribution in [-0.2, 0) is 31.7 Å². The molecule has 3 aromatic rings.